The summed E-state index contributed by atoms with van der Waals surface area (Å²) < 4.78 is 5.66. The number of rotatable bonds is 6. The van der Waals surface area contributed by atoms with Crippen LogP contribution in [0.5, 0.6) is 5.75 Å². The van der Waals surface area contributed by atoms with Gasteiger partial charge in [-0.1, -0.05) is 31.9 Å². The van der Waals surface area contributed by atoms with Crippen molar-refractivity contribution < 1.29 is 4.74 Å². The lowest BCUT2D eigenvalue weighted by atomic mass is 10.1. The molecule has 0 heterocycles. The highest BCUT2D eigenvalue weighted by atomic mass is 16.5. The van der Waals surface area contributed by atoms with Gasteiger partial charge < -0.3 is 4.74 Å². The molecule has 15 heavy (non-hydrogen) atoms. The molecule has 1 nitrogen and oxygen atoms in total. The minimum absolute atomic E-state index is 0.260. The molecule has 0 spiro atoms. The molecular weight excluding hydrogens is 184 g/mol. The van der Waals surface area contributed by atoms with E-state index < -0.39 is 0 Å². The Labute approximate surface area is 93.5 Å². The lowest BCUT2D eigenvalue weighted by molar-refractivity contribution is 0.242. The SMILES string of the molecule is CCCCCc1cccc(OC(C)C)c1. The number of aryl methyl sites for hydroxylation is 1. The average molecular weight is 206 g/mol. The van der Waals surface area contributed by atoms with Crippen molar-refractivity contribution in [3.8, 4) is 5.75 Å². The first-order chi connectivity index (χ1) is 7.22. The van der Waals surface area contributed by atoms with E-state index in [1.807, 2.05) is 6.07 Å². The van der Waals surface area contributed by atoms with Gasteiger partial charge in [-0.05, 0) is 44.4 Å². The number of hydrogen-bond acceptors (Lipinski definition) is 1. The van der Waals surface area contributed by atoms with Crippen LogP contribution in [0.1, 0.15) is 45.6 Å². The largest absolute Gasteiger partial charge is 0.491 e. The molecule has 0 atom stereocenters. The predicted octanol–water partition coefficient (Wildman–Crippen LogP) is 4.21. The summed E-state index contributed by atoms with van der Waals surface area (Å²) in [6.45, 7) is 6.35. The zero-order valence-electron chi connectivity index (χ0n) is 10.1. The van der Waals surface area contributed by atoms with Gasteiger partial charge in [-0.3, -0.25) is 0 Å². The molecule has 1 rings (SSSR count). The predicted molar refractivity (Wildman–Crippen MR) is 65.4 cm³/mol. The fourth-order valence-corrected chi connectivity index (χ4v) is 1.63. The van der Waals surface area contributed by atoms with E-state index in [0.29, 0.717) is 0 Å². The Hall–Kier alpha value is -0.980. The van der Waals surface area contributed by atoms with Gasteiger partial charge in [0.05, 0.1) is 6.10 Å². The Bertz CT molecular complexity index is 278. The van der Waals surface area contributed by atoms with Crippen molar-refractivity contribution in [3.63, 3.8) is 0 Å². The van der Waals surface area contributed by atoms with Gasteiger partial charge in [-0.15, -0.1) is 0 Å². The molecule has 0 bridgehead atoms. The molecule has 0 aromatic heterocycles. The van der Waals surface area contributed by atoms with E-state index in [4.69, 9.17) is 4.74 Å². The summed E-state index contributed by atoms with van der Waals surface area (Å²) in [5.74, 6) is 0.999. The molecule has 1 aromatic carbocycles. The van der Waals surface area contributed by atoms with Crippen LogP contribution >= 0.6 is 0 Å². The Kier molecular flexibility index (Phi) is 5.23. The number of hydrogen-bond donors (Lipinski definition) is 0. The zero-order chi connectivity index (χ0) is 11.1. The third kappa shape index (κ3) is 4.87. The molecule has 0 saturated heterocycles. The fraction of sp³-hybridized carbons (Fsp3) is 0.571. The van der Waals surface area contributed by atoms with Gasteiger partial charge in [0.25, 0.3) is 0 Å². The third-order valence-corrected chi connectivity index (χ3v) is 2.34. The minimum atomic E-state index is 0.260. The van der Waals surface area contributed by atoms with Gasteiger partial charge in [-0.2, -0.15) is 0 Å². The van der Waals surface area contributed by atoms with Crippen molar-refractivity contribution in [3.05, 3.63) is 29.8 Å². The second-order valence-corrected chi connectivity index (χ2v) is 4.27. The summed E-state index contributed by atoms with van der Waals surface area (Å²) in [4.78, 5) is 0. The van der Waals surface area contributed by atoms with Crippen molar-refractivity contribution in [2.24, 2.45) is 0 Å². The van der Waals surface area contributed by atoms with Gasteiger partial charge in [0.1, 0.15) is 5.75 Å². The highest BCUT2D eigenvalue weighted by molar-refractivity contribution is 5.28. The standard InChI is InChI=1S/C14H22O/c1-4-5-6-8-13-9-7-10-14(11-13)15-12(2)3/h7,9-12H,4-6,8H2,1-3H3. The van der Waals surface area contributed by atoms with Gasteiger partial charge in [0.2, 0.25) is 0 Å². The molecule has 0 unspecified atom stereocenters. The molecule has 0 saturated carbocycles. The van der Waals surface area contributed by atoms with Crippen molar-refractivity contribution >= 4 is 0 Å². The summed E-state index contributed by atoms with van der Waals surface area (Å²) in [5, 5.41) is 0. The summed E-state index contributed by atoms with van der Waals surface area (Å²) in [5.41, 5.74) is 1.39. The van der Waals surface area contributed by atoms with Crippen LogP contribution in [0, 0.1) is 0 Å². The first-order valence-corrected chi connectivity index (χ1v) is 5.98. The van der Waals surface area contributed by atoms with Crippen LogP contribution in [0.2, 0.25) is 0 Å². The van der Waals surface area contributed by atoms with Crippen LogP contribution in [0.15, 0.2) is 24.3 Å². The highest BCUT2D eigenvalue weighted by Crippen LogP contribution is 2.16. The Morgan fingerprint density at radius 1 is 1.20 bits per heavy atom. The van der Waals surface area contributed by atoms with E-state index in [1.54, 1.807) is 0 Å². The van der Waals surface area contributed by atoms with Crippen LogP contribution in [0.4, 0.5) is 0 Å². The molecule has 0 fully saturated rings. The summed E-state index contributed by atoms with van der Waals surface area (Å²) in [7, 11) is 0. The van der Waals surface area contributed by atoms with Gasteiger partial charge in [-0.25, -0.2) is 0 Å². The lowest BCUT2D eigenvalue weighted by Gasteiger charge is -2.10. The molecule has 1 aromatic rings. The smallest absolute Gasteiger partial charge is 0.119 e. The number of ether oxygens (including phenoxy) is 1. The molecule has 0 radical (unpaired) electrons. The number of unbranched alkanes of at least 4 members (excludes halogenated alkanes) is 2. The topological polar surface area (TPSA) is 9.23 Å². The Morgan fingerprint density at radius 3 is 2.67 bits per heavy atom. The van der Waals surface area contributed by atoms with E-state index in [1.165, 1.54) is 31.2 Å². The minimum Gasteiger partial charge on any atom is -0.491 e. The maximum absolute atomic E-state index is 5.66. The lowest BCUT2D eigenvalue weighted by Crippen LogP contribution is -2.05. The second-order valence-electron chi connectivity index (χ2n) is 4.27. The zero-order valence-corrected chi connectivity index (χ0v) is 10.1. The highest BCUT2D eigenvalue weighted by Gasteiger charge is 1.99. The van der Waals surface area contributed by atoms with Crippen molar-refractivity contribution in [2.45, 2.75) is 52.6 Å². The van der Waals surface area contributed by atoms with Crippen LogP contribution in [-0.2, 0) is 6.42 Å². The second kappa shape index (κ2) is 6.49. The maximum atomic E-state index is 5.66. The normalized spacial score (nSPS) is 10.7. The van der Waals surface area contributed by atoms with Crippen molar-refractivity contribution in [1.82, 2.24) is 0 Å². The van der Waals surface area contributed by atoms with E-state index in [2.05, 4.69) is 39.0 Å². The molecule has 84 valence electrons. The number of benzene rings is 1. The van der Waals surface area contributed by atoms with Crippen LogP contribution in [0.3, 0.4) is 0 Å². The monoisotopic (exact) mass is 206 g/mol. The molecular formula is C14H22O. The first-order valence-electron chi connectivity index (χ1n) is 5.98. The Morgan fingerprint density at radius 2 is 2.00 bits per heavy atom. The van der Waals surface area contributed by atoms with Crippen molar-refractivity contribution in [2.75, 3.05) is 0 Å². The van der Waals surface area contributed by atoms with E-state index in [-0.39, 0.29) is 6.10 Å². The quantitative estimate of drug-likeness (QED) is 0.634. The van der Waals surface area contributed by atoms with Gasteiger partial charge in [0, 0.05) is 0 Å². The summed E-state index contributed by atoms with van der Waals surface area (Å²) >= 11 is 0. The summed E-state index contributed by atoms with van der Waals surface area (Å²) in [6.07, 6.45) is 5.30. The van der Waals surface area contributed by atoms with Gasteiger partial charge in [0.15, 0.2) is 0 Å². The van der Waals surface area contributed by atoms with Crippen LogP contribution in [0.25, 0.3) is 0 Å². The van der Waals surface area contributed by atoms with Gasteiger partial charge >= 0.3 is 0 Å². The van der Waals surface area contributed by atoms with E-state index in [9.17, 15) is 0 Å². The fourth-order valence-electron chi connectivity index (χ4n) is 1.63. The maximum Gasteiger partial charge on any atom is 0.119 e. The molecule has 1 heteroatoms. The first kappa shape index (κ1) is 12.1. The third-order valence-electron chi connectivity index (χ3n) is 2.34. The molecule has 0 aliphatic carbocycles. The van der Waals surface area contributed by atoms with E-state index >= 15 is 0 Å². The molecule has 0 N–H and O–H groups in total. The van der Waals surface area contributed by atoms with Crippen molar-refractivity contribution in [1.29, 1.82) is 0 Å². The average Bonchev–Trinajstić information content (AvgIpc) is 2.18. The van der Waals surface area contributed by atoms with Crippen LogP contribution in [-0.4, -0.2) is 6.10 Å². The Balaban J connectivity index is 2.50. The molecule has 0 amide bonds. The van der Waals surface area contributed by atoms with E-state index in [0.717, 1.165) is 5.75 Å². The molecule has 0 aliphatic rings. The molecule has 0 aliphatic heterocycles. The summed E-state index contributed by atoms with van der Waals surface area (Å²) in [6, 6.07) is 8.46. The van der Waals surface area contributed by atoms with Crippen LogP contribution < -0.4 is 4.74 Å².